The van der Waals surface area contributed by atoms with Gasteiger partial charge in [-0.25, -0.2) is 11.1 Å². The fourth-order valence-electron chi connectivity index (χ4n) is 8.39. The molecule has 0 saturated carbocycles. The Balaban J connectivity index is 0.000000146. The van der Waals surface area contributed by atoms with E-state index in [1.165, 1.54) is 105 Å². The van der Waals surface area contributed by atoms with E-state index >= 15 is 0 Å². The normalized spacial score (nSPS) is 18.4. The molecule has 0 bridgehead atoms. The molecule has 0 saturated heterocycles. The molecule has 4 aromatic carbocycles. The van der Waals surface area contributed by atoms with E-state index in [1.54, 1.807) is 0 Å². The van der Waals surface area contributed by atoms with Gasteiger partial charge in [0.25, 0.3) is 0 Å². The van der Waals surface area contributed by atoms with Crippen molar-refractivity contribution in [1.29, 1.82) is 0 Å². The van der Waals surface area contributed by atoms with E-state index < -0.39 is 0 Å². The summed E-state index contributed by atoms with van der Waals surface area (Å²) in [6, 6.07) is 30.9. The molecular weight excluding hydrogens is 692 g/mol. The van der Waals surface area contributed by atoms with Crippen molar-refractivity contribution in [3.8, 4) is 11.1 Å². The van der Waals surface area contributed by atoms with Gasteiger partial charge in [-0.2, -0.15) is 17.2 Å². The quantitative estimate of drug-likeness (QED) is 0.161. The molecule has 4 aliphatic carbocycles. The maximum atomic E-state index is 3.65. The molecule has 8 rings (SSSR count). The van der Waals surface area contributed by atoms with Gasteiger partial charge in [0, 0.05) is 5.41 Å². The van der Waals surface area contributed by atoms with Gasteiger partial charge in [-0.05, 0) is 58.4 Å². The van der Waals surface area contributed by atoms with Crippen molar-refractivity contribution in [2.75, 3.05) is 0 Å². The number of fused-ring (bicyclic) bond motifs is 5. The van der Waals surface area contributed by atoms with Crippen molar-refractivity contribution < 1.29 is 24.2 Å². The predicted molar refractivity (Wildman–Crippen MR) is 217 cm³/mol. The van der Waals surface area contributed by atoms with Gasteiger partial charge >= 0.3 is 99.2 Å². The van der Waals surface area contributed by atoms with Gasteiger partial charge in [0.1, 0.15) is 0 Å². The van der Waals surface area contributed by atoms with E-state index in [2.05, 4.69) is 185 Å². The zero-order valence-corrected chi connectivity index (χ0v) is 35.2. The van der Waals surface area contributed by atoms with Gasteiger partial charge in [-0.15, -0.1) is 11.6 Å². The Morgan fingerprint density at radius 1 is 0.765 bits per heavy atom. The summed E-state index contributed by atoms with van der Waals surface area (Å²) < 4.78 is 1.42. The molecule has 0 amide bonds. The molecule has 4 aliphatic rings. The second-order valence-corrected chi connectivity index (χ2v) is 18.1. The van der Waals surface area contributed by atoms with Crippen LogP contribution in [0.2, 0.25) is 0 Å². The van der Waals surface area contributed by atoms with Gasteiger partial charge in [-0.1, -0.05) is 111 Å². The van der Waals surface area contributed by atoms with Crippen molar-refractivity contribution >= 4 is 14.4 Å². The van der Waals surface area contributed by atoms with Gasteiger partial charge in [0.2, 0.25) is 0 Å². The van der Waals surface area contributed by atoms with Gasteiger partial charge in [-0.3, -0.25) is 12.2 Å². The zero-order chi connectivity index (χ0) is 36.9. The minimum absolute atomic E-state index is 0.0340. The molecule has 51 heavy (non-hydrogen) atoms. The Morgan fingerprint density at radius 2 is 1.29 bits per heavy atom. The number of benzene rings is 4. The van der Waals surface area contributed by atoms with Crippen LogP contribution >= 0.6 is 0 Å². The van der Waals surface area contributed by atoms with Crippen LogP contribution in [0.15, 0.2) is 108 Å². The minimum atomic E-state index is 0.0340. The van der Waals surface area contributed by atoms with Crippen molar-refractivity contribution in [1.82, 2.24) is 0 Å². The monoisotopic (exact) mass is 744 g/mol. The standard InChI is InChI=1S/C25H25.C13H10.C12H19.Zr/c1-14-12-24(3,4)22-8-16-7-17-9-23-19(15(2)13-25(23,5)6)11-21(17)20(16)10-18(14)22;1-3-7-12(8-4-1)11-13-9-5-2-6-10-13;1-6-10-7-9(2)8-11(10)12(3,4)5;/h8-12H,7H2,1-6H3;1-10H;8-9H,6H2,1-5H3;/q-1;;-1;+2. The topological polar surface area (TPSA) is 0 Å². The van der Waals surface area contributed by atoms with Crippen molar-refractivity contribution in [2.24, 2.45) is 11.3 Å². The van der Waals surface area contributed by atoms with E-state index in [1.807, 2.05) is 0 Å². The molecule has 0 heterocycles. The molecule has 1 unspecified atom stereocenters. The van der Waals surface area contributed by atoms with Crippen LogP contribution < -0.4 is 0 Å². The summed E-state index contributed by atoms with van der Waals surface area (Å²) in [5.41, 5.74) is 20.4. The summed E-state index contributed by atoms with van der Waals surface area (Å²) in [7, 11) is 0. The first-order valence-corrected chi connectivity index (χ1v) is 19.9. The van der Waals surface area contributed by atoms with Crippen molar-refractivity contribution in [3.63, 3.8) is 0 Å². The summed E-state index contributed by atoms with van der Waals surface area (Å²) in [6.45, 7) is 24.9. The molecule has 1 heteroatoms. The molecule has 0 spiro atoms. The Hall–Kier alpha value is -3.41. The molecule has 0 radical (unpaired) electrons. The van der Waals surface area contributed by atoms with Crippen LogP contribution in [-0.2, 0) is 41.5 Å². The summed E-state index contributed by atoms with van der Waals surface area (Å²) in [4.78, 5) is 0. The number of rotatable bonds is 3. The maximum absolute atomic E-state index is 3.65. The van der Waals surface area contributed by atoms with E-state index in [-0.39, 0.29) is 10.8 Å². The Bertz CT molecular complexity index is 1980. The van der Waals surface area contributed by atoms with Crippen molar-refractivity contribution in [2.45, 2.75) is 99.8 Å². The third kappa shape index (κ3) is 7.58. The second-order valence-electron chi connectivity index (χ2n) is 16.9. The van der Waals surface area contributed by atoms with Gasteiger partial charge in [0.05, 0.1) is 0 Å². The fourth-order valence-corrected chi connectivity index (χ4v) is 9.21. The number of hydrogen-bond donors (Lipinski definition) is 0. The molecule has 0 nitrogen and oxygen atoms in total. The molecule has 0 aromatic heterocycles. The Labute approximate surface area is 323 Å². The Kier molecular flexibility index (Phi) is 10.4. The average molecular weight is 746 g/mol. The van der Waals surface area contributed by atoms with Crippen LogP contribution in [0, 0.1) is 23.5 Å². The van der Waals surface area contributed by atoms with Gasteiger partial charge in [0.15, 0.2) is 0 Å². The van der Waals surface area contributed by atoms with Gasteiger partial charge < -0.3 is 0 Å². The SMILES string of the molecule is CC1=[C-]C(C)(C)c2cc3c(cc21)-c1cc2c(cc1C3)C(C)(C)C=C2C.CCC1=[C-]C(C)C=C1C(C)(C)C.[Zr+2]=[C](c1ccccc1)c1ccccc1. The van der Waals surface area contributed by atoms with Crippen LogP contribution in [0.1, 0.15) is 127 Å². The third-order valence-electron chi connectivity index (χ3n) is 10.9. The summed E-state index contributed by atoms with van der Waals surface area (Å²) in [6.07, 6.45) is 14.1. The molecular formula is C50H54Zr. The number of hydrogen-bond acceptors (Lipinski definition) is 0. The summed E-state index contributed by atoms with van der Waals surface area (Å²) in [5, 5.41) is 0. The first kappa shape index (κ1) is 37.4. The molecule has 258 valence electrons. The van der Waals surface area contributed by atoms with Crippen LogP contribution in [-0.4, -0.2) is 3.21 Å². The van der Waals surface area contributed by atoms with Crippen LogP contribution in [0.3, 0.4) is 0 Å². The molecule has 0 fully saturated rings. The van der Waals surface area contributed by atoms with Crippen LogP contribution in [0.4, 0.5) is 0 Å². The van der Waals surface area contributed by atoms with E-state index in [4.69, 9.17) is 0 Å². The first-order chi connectivity index (χ1) is 24.0. The second kappa shape index (κ2) is 14.2. The van der Waals surface area contributed by atoms with E-state index in [0.717, 1.165) is 12.8 Å². The Morgan fingerprint density at radius 3 is 1.80 bits per heavy atom. The zero-order valence-electron chi connectivity index (χ0n) is 32.7. The molecule has 0 N–H and O–H groups in total. The van der Waals surface area contributed by atoms with Crippen LogP contribution in [0.25, 0.3) is 22.3 Å². The fraction of sp³-hybridized carbons (Fsp3) is 0.340. The summed E-state index contributed by atoms with van der Waals surface area (Å²) in [5.74, 6) is 0.522. The van der Waals surface area contributed by atoms with Crippen molar-refractivity contribution in [3.05, 3.63) is 165 Å². The first-order valence-electron chi connectivity index (χ1n) is 18.7. The molecule has 4 aromatic rings. The van der Waals surface area contributed by atoms with Crippen LogP contribution in [0.5, 0.6) is 0 Å². The third-order valence-corrected chi connectivity index (χ3v) is 12.3. The predicted octanol–water partition coefficient (Wildman–Crippen LogP) is 13.0. The van der Waals surface area contributed by atoms with E-state index in [0.29, 0.717) is 11.3 Å². The average Bonchev–Trinajstić information content (AvgIpc) is 3.78. The number of allylic oxidation sites excluding steroid dienone is 8. The van der Waals surface area contributed by atoms with E-state index in [9.17, 15) is 0 Å². The summed E-state index contributed by atoms with van der Waals surface area (Å²) >= 11 is 1.46. The molecule has 0 aliphatic heterocycles. The molecule has 1 atom stereocenters.